The van der Waals surface area contributed by atoms with Crippen molar-refractivity contribution in [1.82, 2.24) is 0 Å². The molecule has 2 aliphatic heterocycles. The van der Waals surface area contributed by atoms with Crippen LogP contribution in [0, 0.1) is 0 Å². The van der Waals surface area contributed by atoms with Crippen LogP contribution in [-0.2, 0) is 42.9 Å². The average Bonchev–Trinajstić information content (AvgIpc) is 3.29. The lowest BCUT2D eigenvalue weighted by Gasteiger charge is -2.47. The number of carboxylic acids is 5. The Labute approximate surface area is 449 Å². The maximum Gasteiger partial charge on any atom is 0.430 e. The molecule has 15 atom stereocenters. The maximum absolute atomic E-state index is 11.6. The molecule has 0 bridgehead atoms. The van der Waals surface area contributed by atoms with Gasteiger partial charge in [-0.2, -0.15) is 65.9 Å². The fourth-order valence-corrected chi connectivity index (χ4v) is 5.90. The van der Waals surface area contributed by atoms with Gasteiger partial charge in [0.2, 0.25) is 0 Å². The Morgan fingerprint density at radius 3 is 1.04 bits per heavy atom. The molecule has 2 heterocycles. The zero-order chi connectivity index (χ0) is 66.4. The monoisotopic (exact) mass is 1260 g/mol. The number of guanidine groups is 5. The van der Waals surface area contributed by atoms with Crippen LogP contribution in [0.1, 0.15) is 6.42 Å². The summed E-state index contributed by atoms with van der Waals surface area (Å²) in [5.74, 6) is -16.5. The lowest BCUT2D eigenvalue weighted by Crippen LogP contribution is -2.96. The summed E-state index contributed by atoms with van der Waals surface area (Å²) in [5, 5.41) is 109. The van der Waals surface area contributed by atoms with Crippen molar-refractivity contribution in [2.24, 2.45) is 57.3 Å². The number of rotatable bonds is 11. The van der Waals surface area contributed by atoms with Gasteiger partial charge in [0.25, 0.3) is 0 Å². The van der Waals surface area contributed by atoms with Crippen LogP contribution in [0.25, 0.3) is 0 Å². The van der Waals surface area contributed by atoms with Crippen molar-refractivity contribution in [2.45, 2.75) is 129 Å². The number of carbonyl (C=O) groups excluding carboxylic acids is 5. The minimum atomic E-state index is -5.19. The minimum absolute atomic E-state index is 0.0418. The molecule has 0 aromatic rings. The van der Waals surface area contributed by atoms with Gasteiger partial charge in [0.1, 0.15) is 103 Å². The molecule has 484 valence electrons. The molecule has 0 spiro atoms. The van der Waals surface area contributed by atoms with E-state index in [0.717, 1.165) is 0 Å². The largest absolute Gasteiger partial charge is 0.542 e. The van der Waals surface area contributed by atoms with Crippen molar-refractivity contribution < 1.29 is 190 Å². The van der Waals surface area contributed by atoms with Gasteiger partial charge in [-0.05, 0) is 0 Å². The van der Waals surface area contributed by atoms with Crippen LogP contribution < -0.4 is 108 Å². The van der Waals surface area contributed by atoms with Gasteiger partial charge in [0.05, 0.1) is 13.2 Å². The van der Waals surface area contributed by atoms with Crippen LogP contribution in [0.5, 0.6) is 0 Å². The Morgan fingerprint density at radius 1 is 0.422 bits per heavy atom. The second kappa shape index (κ2) is 33.4. The second-order valence-electron chi connectivity index (χ2n) is 15.6. The summed E-state index contributed by atoms with van der Waals surface area (Å²) in [6, 6.07) is -4.45. The van der Waals surface area contributed by atoms with Crippen molar-refractivity contribution in [3.8, 4) is 0 Å². The van der Waals surface area contributed by atoms with Gasteiger partial charge >= 0.3 is 60.7 Å². The first kappa shape index (κ1) is 79.5. The number of nitrogens with one attached hydrogen (secondary N) is 5. The average molecular weight is 1260 g/mol. The third kappa shape index (κ3) is 30.2. The summed E-state index contributed by atoms with van der Waals surface area (Å²) in [4.78, 5) is 57.1. The molecule has 50 heteroatoms. The third-order valence-corrected chi connectivity index (χ3v) is 9.18. The quantitative estimate of drug-likeness (QED) is 0.0519. The molecule has 3 aliphatic rings. The SMILES string of the molecule is NC(N)=[NH+]C[C@H]1O[C@H](O[C@H]2[C@H](O[C@@H]3O[C@H](CO)[C@@H]([NH+]=C(N)N)[C@H](O)[C@H]3O)[C@@H](O)[C@H]([NH+]=C(N)N)C[C@@H]2[NH+]=C(N)N)[C@H]([NH+]=C(N)N)[C@@H](O)[C@@H]1O.O=C([O-])C(F)(F)F.O=C([O-])C(F)(F)F.O=C([O-])C(F)(F)F.O=C([O-])C(F)(F)F.O=C([O-])C(F)(F)F. The Bertz CT molecular complexity index is 2100. The van der Waals surface area contributed by atoms with Crippen molar-refractivity contribution in [3.63, 3.8) is 0 Å². The highest BCUT2D eigenvalue weighted by Crippen LogP contribution is 2.31. The number of carboxylic acid groups (broad SMARTS) is 5. The van der Waals surface area contributed by atoms with E-state index in [9.17, 15) is 96.5 Å². The molecule has 31 N–H and O–H groups in total. The number of halogens is 15. The first-order chi connectivity index (χ1) is 37.2. The predicted molar refractivity (Wildman–Crippen MR) is 216 cm³/mol. The summed E-state index contributed by atoms with van der Waals surface area (Å²) in [7, 11) is 0. The molecule has 83 heavy (non-hydrogen) atoms. The number of alkyl halides is 15. The zero-order valence-corrected chi connectivity index (χ0v) is 40.6. The summed E-state index contributed by atoms with van der Waals surface area (Å²) < 4.78 is 182. The van der Waals surface area contributed by atoms with Crippen LogP contribution >= 0.6 is 0 Å². The molecule has 0 aromatic carbocycles. The van der Waals surface area contributed by atoms with Gasteiger partial charge in [0.15, 0.2) is 18.6 Å². The zero-order valence-electron chi connectivity index (χ0n) is 40.6. The number of nitrogens with two attached hydrogens (primary N) is 10. The summed E-state index contributed by atoms with van der Waals surface area (Å²) in [6.45, 7) is -0.873. The molecule has 3 fully saturated rings. The highest BCUT2D eigenvalue weighted by Gasteiger charge is 2.55. The fourth-order valence-electron chi connectivity index (χ4n) is 5.90. The highest BCUT2D eigenvalue weighted by molar-refractivity contribution is 5.73. The van der Waals surface area contributed by atoms with E-state index in [0.29, 0.717) is 0 Å². The van der Waals surface area contributed by atoms with Crippen molar-refractivity contribution in [1.29, 1.82) is 0 Å². The van der Waals surface area contributed by atoms with Gasteiger partial charge in [-0.25, -0.2) is 0 Å². The lowest BCUT2D eigenvalue weighted by atomic mass is 9.83. The van der Waals surface area contributed by atoms with Crippen LogP contribution in [0.15, 0.2) is 0 Å². The number of ether oxygens (including phenoxy) is 4. The van der Waals surface area contributed by atoms with E-state index in [1.165, 1.54) is 0 Å². The van der Waals surface area contributed by atoms with Gasteiger partial charge in [-0.15, -0.1) is 0 Å². The number of aliphatic hydroxyl groups is 6. The van der Waals surface area contributed by atoms with Gasteiger partial charge in [-0.3, -0.25) is 82.3 Å². The number of hydrogen-bond acceptors (Lipinski definition) is 20. The van der Waals surface area contributed by atoms with Crippen molar-refractivity contribution in [3.05, 3.63) is 0 Å². The minimum Gasteiger partial charge on any atom is -0.542 e. The summed E-state index contributed by atoms with van der Waals surface area (Å²) >= 11 is 0. The first-order valence-corrected chi connectivity index (χ1v) is 20.9. The number of aliphatic hydroxyl groups excluding tert-OH is 6. The van der Waals surface area contributed by atoms with Crippen molar-refractivity contribution in [2.75, 3.05) is 13.2 Å². The molecule has 0 unspecified atom stereocenters. The van der Waals surface area contributed by atoms with Crippen LogP contribution in [0.2, 0.25) is 0 Å². The Balaban J connectivity index is -0.00000146. The predicted octanol–water partition coefficient (Wildman–Crippen LogP) is -23.9. The molecule has 0 amide bonds. The van der Waals surface area contributed by atoms with E-state index in [1.807, 2.05) is 0 Å². The van der Waals surface area contributed by atoms with Gasteiger partial charge in [-0.1, -0.05) is 0 Å². The fraction of sp³-hybridized carbons (Fsp3) is 0.697. The van der Waals surface area contributed by atoms with Gasteiger partial charge < -0.3 is 99.1 Å². The van der Waals surface area contributed by atoms with E-state index >= 15 is 0 Å². The Hall–Kier alpha value is -7.75. The normalized spacial score (nSPS) is 27.7. The van der Waals surface area contributed by atoms with Crippen molar-refractivity contribution >= 4 is 59.6 Å². The Morgan fingerprint density at radius 2 is 0.723 bits per heavy atom. The third-order valence-electron chi connectivity index (χ3n) is 9.18. The molecule has 3 rings (SSSR count). The number of carbonyl (C=O) groups is 5. The summed E-state index contributed by atoms with van der Waals surface area (Å²) in [6.07, 6.45) is -42.8. The maximum atomic E-state index is 11.6. The van der Waals surface area contributed by atoms with Crippen LogP contribution in [0.3, 0.4) is 0 Å². The van der Waals surface area contributed by atoms with E-state index in [1.54, 1.807) is 0 Å². The second-order valence-corrected chi connectivity index (χ2v) is 15.6. The van der Waals surface area contributed by atoms with E-state index in [-0.39, 0.29) is 42.8 Å². The van der Waals surface area contributed by atoms with E-state index < -0.39 is 159 Å². The molecule has 35 nitrogen and oxygen atoms in total. The summed E-state index contributed by atoms with van der Waals surface area (Å²) in [5.41, 5.74) is 56.2. The molecule has 0 radical (unpaired) electrons. The number of aliphatic carboxylic acids is 5. The topological polar surface area (TPSA) is 689 Å². The van der Waals surface area contributed by atoms with Gasteiger partial charge in [0, 0.05) is 6.42 Å². The Kier molecular flexibility index (Phi) is 32.0. The van der Waals surface area contributed by atoms with Crippen LogP contribution in [-0.4, -0.2) is 226 Å². The standard InChI is InChI=1S/C23H47N15O10.5C2HF3O2/c24-19(25)34-2-6-11(41)13(43)9(38-23(32)33)17(45-6)47-15-5(36-21(28)29)1-4(35-20(26)27)10(40)16(15)48-18-14(44)12(42)8(37-22(30)31)7(3-39)46-18;5*3-2(4,5)1(6)7/h4-18,39-44H,1-3H2,(H4,24,25,34)(H4,26,27,35)(H4,28,29,36)(H4,30,31,37)(H4,32,33,38);5*(H,6,7)/t4-,5+,6-,7-,8-,9-,10+,11-,12+,13-,14-,15-,16-,17-,18+;;;;;/m1...../s1. The molecule has 2 saturated heterocycles. The highest BCUT2D eigenvalue weighted by atomic mass is 19.4. The molecule has 1 saturated carbocycles. The molecular formula is C33H52F15N15O20. The van der Waals surface area contributed by atoms with E-state index in [4.69, 9.17) is 126 Å². The molecule has 1 aliphatic carbocycles. The lowest BCUT2D eigenvalue weighted by molar-refractivity contribution is -0.596. The van der Waals surface area contributed by atoms with Crippen LogP contribution in [0.4, 0.5) is 65.9 Å². The van der Waals surface area contributed by atoms with E-state index in [2.05, 4.69) is 25.0 Å². The first-order valence-electron chi connectivity index (χ1n) is 20.9. The smallest absolute Gasteiger partial charge is 0.430 e. The number of hydrogen-bond donors (Lipinski definition) is 21. The molecule has 0 aromatic heterocycles. The molecular weight excluding hydrogens is 1210 g/mol.